The quantitative estimate of drug-likeness (QED) is 0.173. The second-order valence-corrected chi connectivity index (χ2v) is 6.60. The van der Waals surface area contributed by atoms with Gasteiger partial charge in [-0.15, -0.1) is 0 Å². The third kappa shape index (κ3) is 5.21. The van der Waals surface area contributed by atoms with Gasteiger partial charge in [-0.25, -0.2) is 5.43 Å². The summed E-state index contributed by atoms with van der Waals surface area (Å²) in [5.74, 6) is -5.96. The van der Waals surface area contributed by atoms with Crippen molar-refractivity contribution in [1.82, 2.24) is 5.43 Å². The molecule has 13 heteroatoms. The van der Waals surface area contributed by atoms with Gasteiger partial charge in [0.05, 0.1) is 13.4 Å². The van der Waals surface area contributed by atoms with Gasteiger partial charge in [0.1, 0.15) is 11.8 Å². The third-order valence-corrected chi connectivity index (χ3v) is 4.07. The Morgan fingerprint density at radius 2 is 1.64 bits per heavy atom. The van der Waals surface area contributed by atoms with Gasteiger partial charge in [-0.2, -0.15) is 41.1 Å². The van der Waals surface area contributed by atoms with E-state index in [0.717, 1.165) is 0 Å². The lowest BCUT2D eigenvalue weighted by Gasteiger charge is -2.27. The minimum absolute atomic E-state index is 0.136. The number of benzene rings is 1. The minimum atomic E-state index is -6.44. The van der Waals surface area contributed by atoms with Crippen LogP contribution in [0.2, 0.25) is 0 Å². The fourth-order valence-electron chi connectivity index (χ4n) is 1.33. The molecule has 4 nitrogen and oxygen atoms in total. The van der Waals surface area contributed by atoms with Crippen LogP contribution in [0.25, 0.3) is 0 Å². The van der Waals surface area contributed by atoms with Crippen molar-refractivity contribution in [2.45, 2.75) is 18.1 Å². The zero-order chi connectivity index (χ0) is 19.5. The molecule has 0 radical (unpaired) electrons. The summed E-state index contributed by atoms with van der Waals surface area (Å²) in [6.07, 6.45) is -5.79. The Morgan fingerprint density at radius 1 is 1.12 bits per heavy atom. The van der Waals surface area contributed by atoms with Crippen LogP contribution in [0.4, 0.5) is 30.7 Å². The number of alkyl halides is 7. The maximum Gasteiger partial charge on any atom is 0.462 e. The van der Waals surface area contributed by atoms with Crippen LogP contribution >= 0.6 is 45.2 Å². The first-order valence-corrected chi connectivity index (χ1v) is 8.10. The SMILES string of the molecule is N#CCOc1c(I)cc(/C=N/NC(F)(F)C(F)(F)C(F)(F)F)cc1I. The third-order valence-electron chi connectivity index (χ3n) is 2.47. The maximum atomic E-state index is 13.0. The highest BCUT2D eigenvalue weighted by Crippen LogP contribution is 2.45. The molecule has 138 valence electrons. The fourth-order valence-corrected chi connectivity index (χ4v) is 3.46. The Balaban J connectivity index is 2.95. The number of rotatable bonds is 6. The van der Waals surface area contributed by atoms with Crippen molar-refractivity contribution in [2.75, 3.05) is 6.61 Å². The lowest BCUT2D eigenvalue weighted by Crippen LogP contribution is -2.58. The first-order valence-electron chi connectivity index (χ1n) is 5.95. The first-order chi connectivity index (χ1) is 11.3. The molecule has 1 N–H and O–H groups in total. The molecular formula is C12H6F7I2N3O. The summed E-state index contributed by atoms with van der Waals surface area (Å²) in [6, 6.07) is -1.18. The van der Waals surface area contributed by atoms with Crippen LogP contribution in [0.15, 0.2) is 17.2 Å². The van der Waals surface area contributed by atoms with Crippen molar-refractivity contribution in [2.24, 2.45) is 5.10 Å². The summed E-state index contributed by atoms with van der Waals surface area (Å²) in [7, 11) is 0. The highest BCUT2D eigenvalue weighted by Gasteiger charge is 2.73. The average molecular weight is 595 g/mol. The summed E-state index contributed by atoms with van der Waals surface area (Å²) in [5, 5.41) is 11.2. The number of hydrogen-bond donors (Lipinski definition) is 1. The van der Waals surface area contributed by atoms with E-state index in [1.165, 1.54) is 12.1 Å². The lowest BCUT2D eigenvalue weighted by atomic mass is 10.2. The molecule has 0 heterocycles. The zero-order valence-corrected chi connectivity index (χ0v) is 16.0. The molecule has 0 aliphatic heterocycles. The van der Waals surface area contributed by atoms with Gasteiger partial charge in [-0.1, -0.05) is 0 Å². The van der Waals surface area contributed by atoms with Gasteiger partial charge in [0.2, 0.25) is 0 Å². The van der Waals surface area contributed by atoms with E-state index >= 15 is 0 Å². The first kappa shape index (κ1) is 22.0. The van der Waals surface area contributed by atoms with E-state index in [4.69, 9.17) is 10.00 Å². The molecule has 0 aliphatic rings. The molecule has 1 aromatic rings. The molecule has 0 saturated heterocycles. The lowest BCUT2D eigenvalue weighted by molar-refractivity contribution is -0.361. The number of nitrogens with zero attached hydrogens (tertiary/aromatic N) is 2. The molecule has 0 fully saturated rings. The minimum Gasteiger partial charge on any atom is -0.477 e. The smallest absolute Gasteiger partial charge is 0.462 e. The Labute approximate surface area is 163 Å². The molecule has 25 heavy (non-hydrogen) atoms. The van der Waals surface area contributed by atoms with E-state index < -0.39 is 18.1 Å². The molecule has 0 aromatic heterocycles. The predicted molar refractivity (Wildman–Crippen MR) is 89.7 cm³/mol. The van der Waals surface area contributed by atoms with Crippen molar-refractivity contribution >= 4 is 51.4 Å². The van der Waals surface area contributed by atoms with Crippen LogP contribution in [-0.4, -0.2) is 31.0 Å². The van der Waals surface area contributed by atoms with Gasteiger partial charge >= 0.3 is 18.1 Å². The Bertz CT molecular complexity index is 678. The highest BCUT2D eigenvalue weighted by atomic mass is 127. The molecule has 0 aliphatic carbocycles. The summed E-state index contributed by atoms with van der Waals surface area (Å²) >= 11 is 3.61. The second kappa shape index (κ2) is 8.10. The Kier molecular flexibility index (Phi) is 7.12. The summed E-state index contributed by atoms with van der Waals surface area (Å²) in [4.78, 5) is 0. The standard InChI is InChI=1S/C12H6F7I2N3O/c13-10(14,11(15,16)17)12(18,19)24-23-5-6-3-7(20)9(8(21)4-6)25-2-1-22/h3-5,24H,2H2/b23-5+. The number of ether oxygens (including phenoxy) is 1. The average Bonchev–Trinajstić information content (AvgIpc) is 2.45. The summed E-state index contributed by atoms with van der Waals surface area (Å²) < 4.78 is 93.3. The molecule has 0 unspecified atom stereocenters. The van der Waals surface area contributed by atoms with Crippen molar-refractivity contribution in [3.63, 3.8) is 0 Å². The van der Waals surface area contributed by atoms with Crippen LogP contribution in [0.3, 0.4) is 0 Å². The molecule has 1 rings (SSSR count). The van der Waals surface area contributed by atoms with Gasteiger partial charge in [0.15, 0.2) is 6.61 Å². The topological polar surface area (TPSA) is 57.4 Å². The molecule has 1 aromatic carbocycles. The van der Waals surface area contributed by atoms with E-state index in [9.17, 15) is 30.7 Å². The van der Waals surface area contributed by atoms with E-state index in [2.05, 4.69) is 5.10 Å². The molecule has 0 bridgehead atoms. The van der Waals surface area contributed by atoms with Gasteiger partial charge in [-0.05, 0) is 62.9 Å². The van der Waals surface area contributed by atoms with Gasteiger partial charge in [-0.3, -0.25) is 0 Å². The fraction of sp³-hybridized carbons (Fsp3) is 0.333. The van der Waals surface area contributed by atoms with Gasteiger partial charge in [0.25, 0.3) is 0 Å². The van der Waals surface area contributed by atoms with Gasteiger partial charge in [0, 0.05) is 0 Å². The van der Waals surface area contributed by atoms with Crippen molar-refractivity contribution < 1.29 is 35.5 Å². The molecular weight excluding hydrogens is 589 g/mol. The number of hydrogen-bond acceptors (Lipinski definition) is 4. The number of hydrazone groups is 1. The molecule has 0 atom stereocenters. The molecule has 0 spiro atoms. The van der Waals surface area contributed by atoms with Crippen LogP contribution < -0.4 is 10.2 Å². The summed E-state index contributed by atoms with van der Waals surface area (Å²) in [6.45, 7) is -0.236. The molecule has 0 saturated carbocycles. The number of halogens is 9. The van der Waals surface area contributed by atoms with E-state index in [0.29, 0.717) is 24.5 Å². The van der Waals surface area contributed by atoms with Crippen LogP contribution in [0, 0.1) is 18.5 Å². The van der Waals surface area contributed by atoms with E-state index in [-0.39, 0.29) is 12.2 Å². The van der Waals surface area contributed by atoms with Crippen molar-refractivity contribution in [3.05, 3.63) is 24.8 Å². The Morgan fingerprint density at radius 3 is 2.08 bits per heavy atom. The van der Waals surface area contributed by atoms with Crippen LogP contribution in [0.5, 0.6) is 5.75 Å². The largest absolute Gasteiger partial charge is 0.477 e. The maximum absolute atomic E-state index is 13.0. The molecule has 0 amide bonds. The van der Waals surface area contributed by atoms with Crippen molar-refractivity contribution in [3.8, 4) is 11.8 Å². The highest BCUT2D eigenvalue weighted by molar-refractivity contribution is 14.1. The number of nitrogens with one attached hydrogen (secondary N) is 1. The van der Waals surface area contributed by atoms with Gasteiger partial charge < -0.3 is 4.74 Å². The zero-order valence-electron chi connectivity index (χ0n) is 11.6. The summed E-state index contributed by atoms with van der Waals surface area (Å²) in [5.41, 5.74) is 0.665. The van der Waals surface area contributed by atoms with Crippen molar-refractivity contribution in [1.29, 1.82) is 5.26 Å². The normalized spacial score (nSPS) is 13.0. The second-order valence-electron chi connectivity index (χ2n) is 4.28. The van der Waals surface area contributed by atoms with Crippen LogP contribution in [0.1, 0.15) is 5.56 Å². The van der Waals surface area contributed by atoms with E-state index in [1.807, 2.05) is 0 Å². The predicted octanol–water partition coefficient (Wildman–Crippen LogP) is 4.51. The Hall–Kier alpha value is -1.05. The van der Waals surface area contributed by atoms with Crippen LogP contribution in [-0.2, 0) is 0 Å². The van der Waals surface area contributed by atoms with E-state index in [1.54, 1.807) is 51.3 Å². The number of nitriles is 1. The monoisotopic (exact) mass is 595 g/mol.